The maximum absolute atomic E-state index is 3.53. The fraction of sp³-hybridized carbons (Fsp3) is 0.667. The first kappa shape index (κ1) is 11.6. The van der Waals surface area contributed by atoms with Crippen molar-refractivity contribution in [1.29, 1.82) is 0 Å². The van der Waals surface area contributed by atoms with Gasteiger partial charge in [-0.1, -0.05) is 13.8 Å². The van der Waals surface area contributed by atoms with Crippen LogP contribution < -0.4 is 0 Å². The summed E-state index contributed by atoms with van der Waals surface area (Å²) in [6.45, 7) is 7.10. The van der Waals surface area contributed by atoms with E-state index in [-0.39, 0.29) is 0 Å². The van der Waals surface area contributed by atoms with Crippen molar-refractivity contribution in [1.82, 2.24) is 4.90 Å². The standard InChI is InChI=1S/C12H18BrNS/c1-9(2)11-4-3-7-14(11)8-10-5-6-12(13)15-10/h5-6,9,11H,3-4,7-8H2,1-2H3. The van der Waals surface area contributed by atoms with Gasteiger partial charge in [-0.3, -0.25) is 4.90 Å². The molecule has 1 aliphatic rings. The van der Waals surface area contributed by atoms with Gasteiger partial charge < -0.3 is 0 Å². The lowest BCUT2D eigenvalue weighted by Crippen LogP contribution is -2.32. The van der Waals surface area contributed by atoms with Gasteiger partial charge in [-0.2, -0.15) is 0 Å². The molecular weight excluding hydrogens is 270 g/mol. The van der Waals surface area contributed by atoms with Crippen LogP contribution in [0.2, 0.25) is 0 Å². The third-order valence-corrected chi connectivity index (χ3v) is 4.78. The lowest BCUT2D eigenvalue weighted by molar-refractivity contribution is 0.200. The van der Waals surface area contributed by atoms with Crippen molar-refractivity contribution in [2.24, 2.45) is 5.92 Å². The summed E-state index contributed by atoms with van der Waals surface area (Å²) in [7, 11) is 0. The molecule has 15 heavy (non-hydrogen) atoms. The Labute approximate surface area is 105 Å². The Hall–Kier alpha value is 0.140. The third-order valence-electron chi connectivity index (χ3n) is 3.17. The zero-order valence-corrected chi connectivity index (χ0v) is 11.8. The van der Waals surface area contributed by atoms with E-state index in [1.807, 2.05) is 11.3 Å². The lowest BCUT2D eigenvalue weighted by atomic mass is 10.0. The molecule has 1 aromatic heterocycles. The van der Waals surface area contributed by atoms with Gasteiger partial charge in [0.2, 0.25) is 0 Å². The Morgan fingerprint density at radius 2 is 2.33 bits per heavy atom. The first-order valence-electron chi connectivity index (χ1n) is 5.65. The summed E-state index contributed by atoms with van der Waals surface area (Å²) in [6.07, 6.45) is 2.75. The van der Waals surface area contributed by atoms with Gasteiger partial charge in [0.1, 0.15) is 0 Å². The van der Waals surface area contributed by atoms with E-state index in [1.54, 1.807) is 0 Å². The minimum Gasteiger partial charge on any atom is -0.295 e. The van der Waals surface area contributed by atoms with Gasteiger partial charge in [-0.15, -0.1) is 11.3 Å². The quantitative estimate of drug-likeness (QED) is 0.808. The van der Waals surface area contributed by atoms with E-state index in [9.17, 15) is 0 Å². The molecule has 1 atom stereocenters. The van der Waals surface area contributed by atoms with E-state index in [0.717, 1.165) is 18.5 Å². The highest BCUT2D eigenvalue weighted by atomic mass is 79.9. The summed E-state index contributed by atoms with van der Waals surface area (Å²) in [5, 5.41) is 0. The molecule has 1 fully saturated rings. The molecule has 1 aromatic rings. The normalized spacial score (nSPS) is 22.8. The highest BCUT2D eigenvalue weighted by molar-refractivity contribution is 9.11. The minimum atomic E-state index is 0.788. The highest BCUT2D eigenvalue weighted by Crippen LogP contribution is 2.29. The maximum Gasteiger partial charge on any atom is 0.0701 e. The Balaban J connectivity index is 1.99. The number of hydrogen-bond donors (Lipinski definition) is 0. The van der Waals surface area contributed by atoms with Gasteiger partial charge in [-0.25, -0.2) is 0 Å². The predicted molar refractivity (Wildman–Crippen MR) is 70.3 cm³/mol. The fourth-order valence-corrected chi connectivity index (χ4v) is 3.95. The molecule has 1 unspecified atom stereocenters. The maximum atomic E-state index is 3.53. The number of thiophene rings is 1. The van der Waals surface area contributed by atoms with Gasteiger partial charge >= 0.3 is 0 Å². The van der Waals surface area contributed by atoms with Crippen LogP contribution in [0.3, 0.4) is 0 Å². The number of hydrogen-bond acceptors (Lipinski definition) is 2. The molecule has 3 heteroatoms. The first-order valence-corrected chi connectivity index (χ1v) is 7.26. The van der Waals surface area contributed by atoms with Gasteiger partial charge in [0.05, 0.1) is 3.79 Å². The zero-order chi connectivity index (χ0) is 10.8. The molecule has 0 spiro atoms. The van der Waals surface area contributed by atoms with Crippen LogP contribution in [0.1, 0.15) is 31.6 Å². The molecule has 1 saturated heterocycles. The molecule has 84 valence electrons. The van der Waals surface area contributed by atoms with Gasteiger partial charge in [0, 0.05) is 17.5 Å². The first-order chi connectivity index (χ1) is 7.16. The van der Waals surface area contributed by atoms with Gasteiger partial charge in [-0.05, 0) is 53.4 Å². The van der Waals surface area contributed by atoms with Crippen LogP contribution in [0, 0.1) is 5.92 Å². The molecule has 0 N–H and O–H groups in total. The number of likely N-dealkylation sites (tertiary alicyclic amines) is 1. The van der Waals surface area contributed by atoms with E-state index in [4.69, 9.17) is 0 Å². The van der Waals surface area contributed by atoms with Crippen LogP contribution in [0.4, 0.5) is 0 Å². The van der Waals surface area contributed by atoms with Crippen molar-refractivity contribution in [3.05, 3.63) is 20.8 Å². The monoisotopic (exact) mass is 287 g/mol. The summed E-state index contributed by atoms with van der Waals surface area (Å²) in [5.74, 6) is 0.788. The Bertz CT molecular complexity index is 321. The van der Waals surface area contributed by atoms with Crippen LogP contribution in [0.15, 0.2) is 15.9 Å². The van der Waals surface area contributed by atoms with Crippen LogP contribution in [0.5, 0.6) is 0 Å². The van der Waals surface area contributed by atoms with E-state index < -0.39 is 0 Å². The molecule has 0 bridgehead atoms. The van der Waals surface area contributed by atoms with Crippen molar-refractivity contribution < 1.29 is 0 Å². The predicted octanol–water partition coefficient (Wildman–Crippen LogP) is 4.13. The Morgan fingerprint density at radius 1 is 1.53 bits per heavy atom. The highest BCUT2D eigenvalue weighted by Gasteiger charge is 2.26. The largest absolute Gasteiger partial charge is 0.295 e. The second kappa shape index (κ2) is 4.98. The zero-order valence-electron chi connectivity index (χ0n) is 9.37. The second-order valence-electron chi connectivity index (χ2n) is 4.63. The molecule has 1 aliphatic heterocycles. The van der Waals surface area contributed by atoms with Crippen LogP contribution in [-0.4, -0.2) is 17.5 Å². The van der Waals surface area contributed by atoms with Crippen molar-refractivity contribution in [2.45, 2.75) is 39.3 Å². The average molecular weight is 288 g/mol. The van der Waals surface area contributed by atoms with Gasteiger partial charge in [0.15, 0.2) is 0 Å². The van der Waals surface area contributed by atoms with E-state index in [2.05, 4.69) is 46.8 Å². The second-order valence-corrected chi connectivity index (χ2v) is 7.18. The third kappa shape index (κ3) is 2.83. The number of rotatable bonds is 3. The Morgan fingerprint density at radius 3 is 2.93 bits per heavy atom. The molecule has 2 heterocycles. The summed E-state index contributed by atoms with van der Waals surface area (Å²) in [5.41, 5.74) is 0. The molecule has 0 aliphatic carbocycles. The summed E-state index contributed by atoms with van der Waals surface area (Å²) < 4.78 is 1.25. The molecule has 0 saturated carbocycles. The fourth-order valence-electron chi connectivity index (χ4n) is 2.44. The molecular formula is C12H18BrNS. The number of halogens is 1. The molecule has 0 aromatic carbocycles. The number of nitrogens with zero attached hydrogens (tertiary/aromatic N) is 1. The van der Waals surface area contributed by atoms with E-state index >= 15 is 0 Å². The smallest absolute Gasteiger partial charge is 0.0701 e. The van der Waals surface area contributed by atoms with Crippen molar-refractivity contribution >= 4 is 27.3 Å². The van der Waals surface area contributed by atoms with Crippen LogP contribution >= 0.6 is 27.3 Å². The van der Waals surface area contributed by atoms with E-state index in [0.29, 0.717) is 0 Å². The summed E-state index contributed by atoms with van der Waals surface area (Å²) >= 11 is 5.39. The lowest BCUT2D eigenvalue weighted by Gasteiger charge is -2.26. The van der Waals surface area contributed by atoms with Crippen molar-refractivity contribution in [3.8, 4) is 0 Å². The topological polar surface area (TPSA) is 3.24 Å². The van der Waals surface area contributed by atoms with Crippen LogP contribution in [-0.2, 0) is 6.54 Å². The Kier molecular flexibility index (Phi) is 3.86. The minimum absolute atomic E-state index is 0.788. The molecule has 0 radical (unpaired) electrons. The van der Waals surface area contributed by atoms with Crippen molar-refractivity contribution in [3.63, 3.8) is 0 Å². The summed E-state index contributed by atoms with van der Waals surface area (Å²) in [4.78, 5) is 4.12. The van der Waals surface area contributed by atoms with Crippen molar-refractivity contribution in [2.75, 3.05) is 6.54 Å². The molecule has 2 rings (SSSR count). The molecule has 0 amide bonds. The average Bonchev–Trinajstić information content (AvgIpc) is 2.75. The summed E-state index contributed by atoms with van der Waals surface area (Å²) in [6, 6.07) is 5.19. The van der Waals surface area contributed by atoms with Crippen LogP contribution in [0.25, 0.3) is 0 Å². The van der Waals surface area contributed by atoms with Gasteiger partial charge in [0.25, 0.3) is 0 Å². The van der Waals surface area contributed by atoms with E-state index in [1.165, 1.54) is 28.0 Å². The SMILES string of the molecule is CC(C)C1CCCN1Cc1ccc(Br)s1. The molecule has 1 nitrogen and oxygen atoms in total.